The van der Waals surface area contributed by atoms with Crippen LogP contribution in [0.25, 0.3) is 11.0 Å². The van der Waals surface area contributed by atoms with Crippen molar-refractivity contribution in [3.8, 4) is 0 Å². The lowest BCUT2D eigenvalue weighted by Crippen LogP contribution is -2.27. The van der Waals surface area contributed by atoms with Crippen LogP contribution in [0.4, 0.5) is 23.0 Å². The first-order chi connectivity index (χ1) is 7.68. The molecule has 3 rings (SSSR count). The minimum Gasteiger partial charge on any atom is -0.394 e. The molecule has 0 spiro atoms. The molecule has 6 N–H and O–H groups in total. The molecule has 0 aliphatic carbocycles. The number of aromatic nitrogens is 4. The molecule has 10 heteroatoms. The van der Waals surface area contributed by atoms with Gasteiger partial charge in [0, 0.05) is 0 Å². The summed E-state index contributed by atoms with van der Waals surface area (Å²) >= 11 is 0. The average molecular weight is 218 g/mol. The molecule has 0 aromatic carbocycles. The lowest BCUT2D eigenvalue weighted by Gasteiger charge is -2.19. The zero-order valence-electron chi connectivity index (χ0n) is 7.86. The maximum Gasteiger partial charge on any atom is 0.213 e. The second-order valence-corrected chi connectivity index (χ2v) is 3.10. The van der Waals surface area contributed by atoms with E-state index in [1.54, 1.807) is 0 Å². The first kappa shape index (κ1) is 8.67. The third kappa shape index (κ3) is 0.926. The molecule has 0 saturated carbocycles. The lowest BCUT2D eigenvalue weighted by molar-refractivity contribution is 0.810. The van der Waals surface area contributed by atoms with Crippen LogP contribution in [0.3, 0.4) is 0 Å². The van der Waals surface area contributed by atoms with Gasteiger partial charge in [0.1, 0.15) is 11.4 Å². The van der Waals surface area contributed by atoms with Gasteiger partial charge in [-0.3, -0.25) is 0 Å². The molecule has 2 aromatic heterocycles. The molecule has 0 fully saturated rings. The Labute approximate surface area is 88.1 Å². The highest BCUT2D eigenvalue weighted by molar-refractivity contribution is 6.04. The maximum absolute atomic E-state index is 5.77. The minimum atomic E-state index is 0.113. The number of anilines is 3. The van der Waals surface area contributed by atoms with Gasteiger partial charge in [-0.1, -0.05) is 0 Å². The predicted molar refractivity (Wildman–Crippen MR) is 55.1 cm³/mol. The van der Waals surface area contributed by atoms with Crippen molar-refractivity contribution in [2.24, 2.45) is 16.2 Å². The quantitative estimate of drug-likeness (QED) is 0.488. The Hall–Kier alpha value is -2.62. The summed E-state index contributed by atoms with van der Waals surface area (Å²) in [4.78, 5) is 3.97. The molecule has 0 radical (unpaired) electrons. The Kier molecular flexibility index (Phi) is 1.46. The Morgan fingerprint density at radius 2 is 1.94 bits per heavy atom. The molecular formula is C6H6N10. The third-order valence-corrected chi connectivity index (χ3v) is 2.19. The van der Waals surface area contributed by atoms with E-state index in [4.69, 9.17) is 17.3 Å². The van der Waals surface area contributed by atoms with E-state index in [0.717, 1.165) is 5.12 Å². The van der Waals surface area contributed by atoms with Gasteiger partial charge in [0.2, 0.25) is 5.82 Å². The highest BCUT2D eigenvalue weighted by Gasteiger charge is 2.23. The van der Waals surface area contributed by atoms with Gasteiger partial charge in [-0.25, -0.2) is 10.8 Å². The first-order valence-electron chi connectivity index (χ1n) is 4.23. The molecule has 0 atom stereocenters. The number of hydrogen-bond acceptors (Lipinski definition) is 10. The number of nitrogens with zero attached hydrogens (tertiary/aromatic N) is 7. The molecule has 80 valence electrons. The Morgan fingerprint density at radius 3 is 2.75 bits per heavy atom. The fourth-order valence-electron chi connectivity index (χ4n) is 1.47. The van der Waals surface area contributed by atoms with Crippen molar-refractivity contribution >= 4 is 34.0 Å². The Bertz CT molecular complexity index is 618. The van der Waals surface area contributed by atoms with Gasteiger partial charge in [0.15, 0.2) is 11.5 Å². The standard InChI is InChI=1S/C6H6N10/c7-2-3-1-5(10-4(2)8)11-14-12-6(1)13-15-16(3)9/h7,9H2,(H2,8,10,11,12). The topological polar surface area (TPSA) is 158 Å². The zero-order valence-corrected chi connectivity index (χ0v) is 7.86. The van der Waals surface area contributed by atoms with Crippen LogP contribution < -0.4 is 22.4 Å². The zero-order chi connectivity index (χ0) is 11.3. The van der Waals surface area contributed by atoms with Crippen LogP contribution in [-0.2, 0) is 0 Å². The summed E-state index contributed by atoms with van der Waals surface area (Å²) in [7, 11) is 0. The fraction of sp³-hybridized carbons (Fsp3) is 0. The summed E-state index contributed by atoms with van der Waals surface area (Å²) in [6, 6.07) is 0. The molecule has 10 nitrogen and oxygen atoms in total. The number of pyridine rings is 1. The largest absolute Gasteiger partial charge is 0.394 e. The van der Waals surface area contributed by atoms with Crippen molar-refractivity contribution < 1.29 is 0 Å². The normalized spacial score (nSPS) is 13.4. The number of hydrazine groups is 1. The Balaban J connectivity index is 2.55. The number of nitrogen functional groups attached to an aromatic ring is 2. The van der Waals surface area contributed by atoms with E-state index < -0.39 is 0 Å². The summed E-state index contributed by atoms with van der Waals surface area (Å²) in [5.41, 5.74) is 12.3. The highest BCUT2D eigenvalue weighted by Crippen LogP contribution is 2.39. The van der Waals surface area contributed by atoms with Crippen molar-refractivity contribution in [3.63, 3.8) is 0 Å². The van der Waals surface area contributed by atoms with Crippen LogP contribution in [0.5, 0.6) is 0 Å². The monoisotopic (exact) mass is 218 g/mol. The van der Waals surface area contributed by atoms with Crippen molar-refractivity contribution in [1.29, 1.82) is 0 Å². The molecule has 1 aliphatic rings. The van der Waals surface area contributed by atoms with Gasteiger partial charge < -0.3 is 11.5 Å². The van der Waals surface area contributed by atoms with Crippen LogP contribution in [0.1, 0.15) is 0 Å². The molecule has 16 heavy (non-hydrogen) atoms. The van der Waals surface area contributed by atoms with Crippen LogP contribution in [-0.4, -0.2) is 20.4 Å². The molecule has 2 aromatic rings. The molecule has 0 amide bonds. The van der Waals surface area contributed by atoms with Crippen molar-refractivity contribution in [1.82, 2.24) is 20.4 Å². The third-order valence-electron chi connectivity index (χ3n) is 2.19. The summed E-state index contributed by atoms with van der Waals surface area (Å²) in [5, 5.41) is 19.8. The fourth-order valence-corrected chi connectivity index (χ4v) is 1.47. The van der Waals surface area contributed by atoms with Crippen molar-refractivity contribution in [3.05, 3.63) is 0 Å². The summed E-state index contributed by atoms with van der Waals surface area (Å²) in [6.45, 7) is 0. The van der Waals surface area contributed by atoms with Crippen LogP contribution in [0.2, 0.25) is 0 Å². The summed E-state index contributed by atoms with van der Waals surface area (Å²) < 4.78 is 0. The molecule has 0 bridgehead atoms. The van der Waals surface area contributed by atoms with Crippen molar-refractivity contribution in [2.45, 2.75) is 0 Å². The van der Waals surface area contributed by atoms with Gasteiger partial charge in [-0.2, -0.15) is 5.12 Å². The van der Waals surface area contributed by atoms with Crippen molar-refractivity contribution in [2.75, 3.05) is 16.6 Å². The summed E-state index contributed by atoms with van der Waals surface area (Å²) in [5.74, 6) is 5.99. The first-order valence-corrected chi connectivity index (χ1v) is 4.23. The SMILES string of the molecule is Nc1nc2nnnc3c2c(c1N)N(N)N=N3. The van der Waals surface area contributed by atoms with Crippen LogP contribution >= 0.6 is 0 Å². The summed E-state index contributed by atoms with van der Waals surface area (Å²) in [6.07, 6.45) is 0. The lowest BCUT2D eigenvalue weighted by atomic mass is 10.2. The van der Waals surface area contributed by atoms with E-state index >= 15 is 0 Å². The van der Waals surface area contributed by atoms with E-state index in [1.165, 1.54) is 0 Å². The van der Waals surface area contributed by atoms with Gasteiger partial charge in [0.05, 0.1) is 5.39 Å². The highest BCUT2D eigenvalue weighted by atomic mass is 15.7. The Morgan fingerprint density at radius 1 is 1.12 bits per heavy atom. The molecular weight excluding hydrogens is 212 g/mol. The average Bonchev–Trinajstić information content (AvgIpc) is 2.28. The number of nitrogens with two attached hydrogens (primary N) is 3. The molecule has 1 aliphatic heterocycles. The molecule has 0 unspecified atom stereocenters. The van der Waals surface area contributed by atoms with Gasteiger partial charge in [-0.15, -0.1) is 15.3 Å². The van der Waals surface area contributed by atoms with E-state index in [9.17, 15) is 0 Å². The number of rotatable bonds is 0. The number of hydrogen-bond donors (Lipinski definition) is 3. The maximum atomic E-state index is 5.77. The van der Waals surface area contributed by atoms with Gasteiger partial charge >= 0.3 is 0 Å². The second kappa shape index (κ2) is 2.70. The van der Waals surface area contributed by atoms with E-state index in [2.05, 4.69) is 30.7 Å². The van der Waals surface area contributed by atoms with Crippen LogP contribution in [0.15, 0.2) is 10.3 Å². The van der Waals surface area contributed by atoms with Gasteiger partial charge in [0.25, 0.3) is 0 Å². The van der Waals surface area contributed by atoms with Crippen LogP contribution in [0, 0.1) is 0 Å². The molecule has 3 heterocycles. The van der Waals surface area contributed by atoms with Gasteiger partial charge in [-0.05, 0) is 10.4 Å². The minimum absolute atomic E-state index is 0.113. The van der Waals surface area contributed by atoms with E-state index in [-0.39, 0.29) is 23.0 Å². The predicted octanol–water partition coefficient (Wildman–Crippen LogP) is -0.723. The smallest absolute Gasteiger partial charge is 0.213 e. The van der Waals surface area contributed by atoms with E-state index in [1.807, 2.05) is 0 Å². The van der Waals surface area contributed by atoms with E-state index in [0.29, 0.717) is 11.1 Å². The second-order valence-electron chi connectivity index (χ2n) is 3.10. The molecule has 0 saturated heterocycles.